The highest BCUT2D eigenvalue weighted by Gasteiger charge is 1.98. The number of carboxylic acids is 1. The van der Waals surface area contributed by atoms with Gasteiger partial charge in [-0.25, -0.2) is 4.79 Å². The van der Waals surface area contributed by atoms with E-state index in [1.165, 1.54) is 0 Å². The van der Waals surface area contributed by atoms with Crippen LogP contribution in [0.2, 0.25) is 5.02 Å². The van der Waals surface area contributed by atoms with Gasteiger partial charge >= 0.3 is 5.97 Å². The van der Waals surface area contributed by atoms with Crippen LogP contribution in [0.5, 0.6) is 0 Å². The maximum atomic E-state index is 10.2. The van der Waals surface area contributed by atoms with Gasteiger partial charge in [0.1, 0.15) is 0 Å². The second kappa shape index (κ2) is 5.97. The predicted octanol–water partition coefficient (Wildman–Crippen LogP) is 3.00. The number of aliphatic carboxylic acids is 1. The minimum Gasteiger partial charge on any atom is -0.478 e. The van der Waals surface area contributed by atoms with Crippen LogP contribution >= 0.6 is 34.2 Å². The topological polar surface area (TPSA) is 49.3 Å². The van der Waals surface area contributed by atoms with Gasteiger partial charge in [-0.1, -0.05) is 17.7 Å². The Kier molecular flexibility index (Phi) is 4.90. The lowest BCUT2D eigenvalue weighted by atomic mass is 10.3. The fourth-order valence-electron chi connectivity index (χ4n) is 0.961. The quantitative estimate of drug-likeness (QED) is 0.656. The van der Waals surface area contributed by atoms with E-state index in [-0.39, 0.29) is 0 Å². The van der Waals surface area contributed by atoms with Gasteiger partial charge in [-0.15, -0.1) is 0 Å². The molecule has 15 heavy (non-hydrogen) atoms. The number of benzene rings is 1. The molecule has 0 heterocycles. The number of carboxylic acid groups (broad SMARTS) is 1. The molecule has 1 rings (SSSR count). The Balaban J connectivity index is 2.54. The third-order valence-electron chi connectivity index (χ3n) is 1.60. The van der Waals surface area contributed by atoms with Crippen molar-refractivity contribution in [2.45, 2.75) is 0 Å². The van der Waals surface area contributed by atoms with Gasteiger partial charge < -0.3 is 10.4 Å². The highest BCUT2D eigenvalue weighted by atomic mass is 127. The molecule has 0 unspecified atom stereocenters. The van der Waals surface area contributed by atoms with Crippen LogP contribution in [0.1, 0.15) is 0 Å². The van der Waals surface area contributed by atoms with E-state index < -0.39 is 5.97 Å². The molecular weight excluding hydrogens is 328 g/mol. The van der Waals surface area contributed by atoms with Crippen molar-refractivity contribution in [2.24, 2.45) is 0 Å². The monoisotopic (exact) mass is 337 g/mol. The Hall–Kier alpha value is -0.750. The fourth-order valence-corrected chi connectivity index (χ4v) is 2.02. The van der Waals surface area contributed by atoms with Crippen molar-refractivity contribution in [3.63, 3.8) is 0 Å². The van der Waals surface area contributed by atoms with Crippen LogP contribution in [0.15, 0.2) is 30.4 Å². The Morgan fingerprint density at radius 1 is 1.60 bits per heavy atom. The van der Waals surface area contributed by atoms with Crippen molar-refractivity contribution in [1.82, 2.24) is 0 Å². The summed E-state index contributed by atoms with van der Waals surface area (Å²) in [6.07, 6.45) is 2.66. The van der Waals surface area contributed by atoms with E-state index in [1.807, 2.05) is 12.1 Å². The first kappa shape index (κ1) is 12.3. The third kappa shape index (κ3) is 4.53. The molecule has 0 amide bonds. The van der Waals surface area contributed by atoms with Crippen molar-refractivity contribution in [3.05, 3.63) is 38.9 Å². The van der Waals surface area contributed by atoms with Gasteiger partial charge in [0.2, 0.25) is 0 Å². The summed E-state index contributed by atoms with van der Waals surface area (Å²) < 4.78 is 1.00. The molecule has 0 radical (unpaired) electrons. The van der Waals surface area contributed by atoms with E-state index >= 15 is 0 Å². The third-order valence-corrected chi connectivity index (χ3v) is 2.73. The molecule has 0 saturated heterocycles. The molecule has 2 N–H and O–H groups in total. The summed E-state index contributed by atoms with van der Waals surface area (Å²) >= 11 is 7.96. The summed E-state index contributed by atoms with van der Waals surface area (Å²) in [5.41, 5.74) is 0.940. The van der Waals surface area contributed by atoms with E-state index in [4.69, 9.17) is 16.7 Å². The molecule has 0 atom stereocenters. The van der Waals surface area contributed by atoms with Gasteiger partial charge in [0, 0.05) is 26.9 Å². The highest BCUT2D eigenvalue weighted by molar-refractivity contribution is 14.1. The number of nitrogens with one attached hydrogen (secondary N) is 1. The first-order chi connectivity index (χ1) is 7.09. The zero-order valence-corrected chi connectivity index (χ0v) is 10.6. The van der Waals surface area contributed by atoms with Gasteiger partial charge in [0.25, 0.3) is 0 Å². The lowest BCUT2D eigenvalue weighted by Crippen LogP contribution is -2.00. The summed E-state index contributed by atoms with van der Waals surface area (Å²) in [5.74, 6) is -0.942. The number of hydrogen-bond donors (Lipinski definition) is 2. The van der Waals surface area contributed by atoms with E-state index in [0.717, 1.165) is 15.3 Å². The van der Waals surface area contributed by atoms with Crippen molar-refractivity contribution in [2.75, 3.05) is 11.9 Å². The Morgan fingerprint density at radius 2 is 2.33 bits per heavy atom. The average Bonchev–Trinajstić information content (AvgIpc) is 2.14. The molecule has 0 saturated carbocycles. The maximum absolute atomic E-state index is 10.2. The number of carbonyl (C=O) groups is 1. The minimum atomic E-state index is -0.942. The summed E-state index contributed by atoms with van der Waals surface area (Å²) in [7, 11) is 0. The second-order valence-corrected chi connectivity index (χ2v) is 4.34. The minimum absolute atomic E-state index is 0.476. The van der Waals surface area contributed by atoms with Crippen LogP contribution in [0, 0.1) is 3.57 Å². The van der Waals surface area contributed by atoms with Gasteiger partial charge in [0.15, 0.2) is 0 Å². The molecule has 0 bridgehead atoms. The predicted molar refractivity (Wildman–Crippen MR) is 69.4 cm³/mol. The zero-order valence-electron chi connectivity index (χ0n) is 7.71. The zero-order chi connectivity index (χ0) is 11.3. The van der Waals surface area contributed by atoms with Crippen LogP contribution in [-0.4, -0.2) is 17.6 Å². The standard InChI is InChI=1S/C10H9ClINO2/c11-7-3-4-9(8(12)6-7)13-5-1-2-10(14)15/h1-4,6,13H,5H2,(H,14,15)/b2-1+. The molecule has 0 fully saturated rings. The molecule has 3 nitrogen and oxygen atoms in total. The van der Waals surface area contributed by atoms with E-state index in [2.05, 4.69) is 27.9 Å². The smallest absolute Gasteiger partial charge is 0.328 e. The summed E-state index contributed by atoms with van der Waals surface area (Å²) in [4.78, 5) is 10.2. The Labute approximate surface area is 106 Å². The normalized spacial score (nSPS) is 10.5. The molecule has 1 aromatic rings. The summed E-state index contributed by atoms with van der Waals surface area (Å²) in [6, 6.07) is 5.48. The fraction of sp³-hybridized carbons (Fsp3) is 0.100. The van der Waals surface area contributed by atoms with E-state index in [9.17, 15) is 4.79 Å². The maximum Gasteiger partial charge on any atom is 0.328 e. The first-order valence-corrected chi connectivity index (χ1v) is 5.63. The first-order valence-electron chi connectivity index (χ1n) is 4.18. The largest absolute Gasteiger partial charge is 0.478 e. The summed E-state index contributed by atoms with van der Waals surface area (Å²) in [5, 5.41) is 12.1. The molecular formula is C10H9ClINO2. The van der Waals surface area contributed by atoms with Crippen LogP contribution in [0.4, 0.5) is 5.69 Å². The highest BCUT2D eigenvalue weighted by Crippen LogP contribution is 2.21. The van der Waals surface area contributed by atoms with Crippen molar-refractivity contribution in [1.29, 1.82) is 0 Å². The van der Waals surface area contributed by atoms with Crippen molar-refractivity contribution >= 4 is 45.8 Å². The van der Waals surface area contributed by atoms with Crippen molar-refractivity contribution < 1.29 is 9.90 Å². The van der Waals surface area contributed by atoms with Gasteiger partial charge in [-0.3, -0.25) is 0 Å². The number of anilines is 1. The molecule has 1 aromatic carbocycles. The molecule has 0 aromatic heterocycles. The molecule has 0 aliphatic rings. The van der Waals surface area contributed by atoms with Crippen LogP contribution in [0.3, 0.4) is 0 Å². The molecule has 0 aliphatic carbocycles. The molecule has 5 heteroatoms. The SMILES string of the molecule is O=C(O)/C=C/CNc1ccc(Cl)cc1I. The second-order valence-electron chi connectivity index (χ2n) is 2.75. The molecule has 0 spiro atoms. The average molecular weight is 338 g/mol. The Bertz CT molecular complexity index is 393. The Morgan fingerprint density at radius 3 is 2.93 bits per heavy atom. The van der Waals surface area contributed by atoms with Crippen LogP contribution in [0.25, 0.3) is 0 Å². The molecule has 0 aliphatic heterocycles. The van der Waals surface area contributed by atoms with Crippen molar-refractivity contribution in [3.8, 4) is 0 Å². The molecule has 80 valence electrons. The number of hydrogen-bond acceptors (Lipinski definition) is 2. The number of rotatable bonds is 4. The van der Waals surface area contributed by atoms with Crippen LogP contribution < -0.4 is 5.32 Å². The van der Waals surface area contributed by atoms with Gasteiger partial charge in [0.05, 0.1) is 0 Å². The van der Waals surface area contributed by atoms with E-state index in [0.29, 0.717) is 11.6 Å². The van der Waals surface area contributed by atoms with Crippen LogP contribution in [-0.2, 0) is 4.79 Å². The summed E-state index contributed by atoms with van der Waals surface area (Å²) in [6.45, 7) is 0.476. The lowest BCUT2D eigenvalue weighted by molar-refractivity contribution is -0.131. The lowest BCUT2D eigenvalue weighted by Gasteiger charge is -2.05. The number of halogens is 2. The van der Waals surface area contributed by atoms with Gasteiger partial charge in [-0.2, -0.15) is 0 Å². The van der Waals surface area contributed by atoms with E-state index in [1.54, 1.807) is 12.1 Å². The van der Waals surface area contributed by atoms with Gasteiger partial charge in [-0.05, 0) is 40.8 Å².